The summed E-state index contributed by atoms with van der Waals surface area (Å²) in [6.45, 7) is 0.530. The van der Waals surface area contributed by atoms with E-state index in [0.29, 0.717) is 12.6 Å². The first kappa shape index (κ1) is 15.9. The van der Waals surface area contributed by atoms with Crippen molar-refractivity contribution in [3.8, 4) is 5.75 Å². The fourth-order valence-electron chi connectivity index (χ4n) is 2.51. The van der Waals surface area contributed by atoms with Crippen LogP contribution in [0.3, 0.4) is 0 Å². The number of para-hydroxylation sites is 2. The third-order valence-corrected chi connectivity index (χ3v) is 3.77. The molecule has 0 amide bonds. The molecule has 5 nitrogen and oxygen atoms in total. The number of hydrogen-bond acceptors (Lipinski definition) is 5. The third-order valence-electron chi connectivity index (χ3n) is 3.77. The van der Waals surface area contributed by atoms with Crippen molar-refractivity contribution < 1.29 is 9.15 Å². The van der Waals surface area contributed by atoms with Crippen LogP contribution in [0.4, 0.5) is 6.01 Å². The molecule has 5 heteroatoms. The molecule has 0 fully saturated rings. The highest BCUT2D eigenvalue weighted by Crippen LogP contribution is 2.18. The first-order valence-corrected chi connectivity index (χ1v) is 8.28. The lowest BCUT2D eigenvalue weighted by molar-refractivity contribution is 0.306. The van der Waals surface area contributed by atoms with E-state index in [1.54, 1.807) is 6.21 Å². The average molecular weight is 343 g/mol. The van der Waals surface area contributed by atoms with E-state index in [0.717, 1.165) is 28.0 Å². The van der Waals surface area contributed by atoms with Gasteiger partial charge in [0.15, 0.2) is 5.58 Å². The highest BCUT2D eigenvalue weighted by Gasteiger charge is 2.02. The third kappa shape index (κ3) is 3.89. The minimum absolute atomic E-state index is 0.360. The van der Waals surface area contributed by atoms with Gasteiger partial charge in [0.05, 0.1) is 6.21 Å². The smallest absolute Gasteiger partial charge is 0.316 e. The van der Waals surface area contributed by atoms with E-state index in [1.165, 1.54) is 0 Å². The quantitative estimate of drug-likeness (QED) is 0.401. The first-order chi connectivity index (χ1) is 12.9. The molecule has 0 radical (unpaired) electrons. The Labute approximate surface area is 150 Å². The maximum Gasteiger partial charge on any atom is 0.316 e. The summed E-state index contributed by atoms with van der Waals surface area (Å²) in [5.41, 5.74) is 6.37. The molecular formula is C21H17N3O2. The SMILES string of the molecule is C(=NNc1nc2ccccc2o1)c1cccc(OCc2ccccc2)c1. The number of rotatable bonds is 6. The van der Waals surface area contributed by atoms with Crippen molar-refractivity contribution in [2.75, 3.05) is 5.43 Å². The van der Waals surface area contributed by atoms with Crippen molar-refractivity contribution >= 4 is 23.3 Å². The predicted octanol–water partition coefficient (Wildman–Crippen LogP) is 4.85. The first-order valence-electron chi connectivity index (χ1n) is 8.28. The Morgan fingerprint density at radius 1 is 0.962 bits per heavy atom. The lowest BCUT2D eigenvalue weighted by Gasteiger charge is -2.06. The van der Waals surface area contributed by atoms with Gasteiger partial charge in [0, 0.05) is 0 Å². The highest BCUT2D eigenvalue weighted by atomic mass is 16.5. The van der Waals surface area contributed by atoms with Gasteiger partial charge in [-0.25, -0.2) is 5.43 Å². The number of benzene rings is 3. The number of hydrazone groups is 1. The monoisotopic (exact) mass is 343 g/mol. The number of nitrogens with one attached hydrogen (secondary N) is 1. The van der Waals surface area contributed by atoms with Crippen molar-refractivity contribution in [3.05, 3.63) is 90.0 Å². The van der Waals surface area contributed by atoms with E-state index in [4.69, 9.17) is 9.15 Å². The lowest BCUT2D eigenvalue weighted by atomic mass is 10.2. The fraction of sp³-hybridized carbons (Fsp3) is 0.0476. The van der Waals surface area contributed by atoms with Gasteiger partial charge in [0.1, 0.15) is 17.9 Å². The van der Waals surface area contributed by atoms with Crippen molar-refractivity contribution in [1.29, 1.82) is 0 Å². The van der Waals surface area contributed by atoms with Crippen LogP contribution in [0.5, 0.6) is 5.75 Å². The topological polar surface area (TPSA) is 59.7 Å². The summed E-state index contributed by atoms with van der Waals surface area (Å²) in [6, 6.07) is 25.7. The van der Waals surface area contributed by atoms with Gasteiger partial charge in [-0.1, -0.05) is 54.6 Å². The van der Waals surface area contributed by atoms with Crippen LogP contribution in [0.15, 0.2) is 88.4 Å². The molecule has 4 rings (SSSR count). The van der Waals surface area contributed by atoms with Gasteiger partial charge >= 0.3 is 6.01 Å². The summed E-state index contributed by atoms with van der Waals surface area (Å²) >= 11 is 0. The lowest BCUT2D eigenvalue weighted by Crippen LogP contribution is -1.96. The largest absolute Gasteiger partial charge is 0.489 e. The predicted molar refractivity (Wildman–Crippen MR) is 102 cm³/mol. The number of aromatic nitrogens is 1. The van der Waals surface area contributed by atoms with Crippen LogP contribution in [0.2, 0.25) is 0 Å². The van der Waals surface area contributed by atoms with Crippen molar-refractivity contribution in [2.24, 2.45) is 5.10 Å². The zero-order chi connectivity index (χ0) is 17.6. The Hall–Kier alpha value is -3.60. The molecule has 0 unspecified atom stereocenters. The second-order valence-corrected chi connectivity index (χ2v) is 5.70. The summed E-state index contributed by atoms with van der Waals surface area (Å²) in [7, 11) is 0. The number of hydrogen-bond donors (Lipinski definition) is 1. The second kappa shape index (κ2) is 7.53. The molecule has 128 valence electrons. The van der Waals surface area contributed by atoms with Crippen LogP contribution in [0.1, 0.15) is 11.1 Å². The van der Waals surface area contributed by atoms with Crippen LogP contribution in [-0.4, -0.2) is 11.2 Å². The molecule has 26 heavy (non-hydrogen) atoms. The maximum absolute atomic E-state index is 5.82. The Kier molecular flexibility index (Phi) is 4.60. The van der Waals surface area contributed by atoms with Crippen molar-refractivity contribution in [1.82, 2.24) is 4.98 Å². The van der Waals surface area contributed by atoms with Gasteiger partial charge in [0.25, 0.3) is 0 Å². The van der Waals surface area contributed by atoms with E-state index in [9.17, 15) is 0 Å². The van der Waals surface area contributed by atoms with Crippen LogP contribution < -0.4 is 10.2 Å². The molecule has 0 aliphatic heterocycles. The Bertz CT molecular complexity index is 993. The maximum atomic E-state index is 5.82. The minimum Gasteiger partial charge on any atom is -0.489 e. The van der Waals surface area contributed by atoms with Gasteiger partial charge in [-0.2, -0.15) is 10.1 Å². The summed E-state index contributed by atoms with van der Waals surface area (Å²) in [5.74, 6) is 0.791. The molecule has 0 saturated heterocycles. The van der Waals surface area contributed by atoms with Gasteiger partial charge in [0.2, 0.25) is 0 Å². The number of anilines is 1. The molecule has 0 atom stereocenters. The van der Waals surface area contributed by atoms with Gasteiger partial charge in [-0.05, 0) is 35.4 Å². The Morgan fingerprint density at radius 3 is 2.69 bits per heavy atom. The molecule has 0 spiro atoms. The molecule has 0 aliphatic rings. The van der Waals surface area contributed by atoms with Crippen LogP contribution in [0, 0.1) is 0 Å². The highest BCUT2D eigenvalue weighted by molar-refractivity contribution is 5.81. The van der Waals surface area contributed by atoms with E-state index >= 15 is 0 Å². The second-order valence-electron chi connectivity index (χ2n) is 5.70. The standard InChI is InChI=1S/C21H17N3O2/c1-2-7-16(8-3-1)15-25-18-10-6-9-17(13-18)14-22-24-21-23-19-11-4-5-12-20(19)26-21/h1-14H,15H2,(H,23,24). The zero-order valence-electron chi connectivity index (χ0n) is 14.0. The number of ether oxygens (including phenoxy) is 1. The molecule has 0 bridgehead atoms. The molecular weight excluding hydrogens is 326 g/mol. The van der Waals surface area contributed by atoms with Crippen LogP contribution >= 0.6 is 0 Å². The summed E-state index contributed by atoms with van der Waals surface area (Å²) in [5, 5.41) is 4.18. The average Bonchev–Trinajstić information content (AvgIpc) is 3.10. The van der Waals surface area contributed by atoms with Crippen molar-refractivity contribution in [2.45, 2.75) is 6.61 Å². The molecule has 1 aromatic heterocycles. The van der Waals surface area contributed by atoms with E-state index in [1.807, 2.05) is 78.9 Å². The van der Waals surface area contributed by atoms with Gasteiger partial charge in [-0.15, -0.1) is 0 Å². The van der Waals surface area contributed by atoms with Crippen LogP contribution in [-0.2, 0) is 6.61 Å². The summed E-state index contributed by atoms with van der Waals surface area (Å²) in [4.78, 5) is 4.31. The molecule has 1 N–H and O–H groups in total. The Morgan fingerprint density at radius 2 is 1.81 bits per heavy atom. The normalized spacial score (nSPS) is 11.1. The van der Waals surface area contributed by atoms with E-state index in [-0.39, 0.29) is 0 Å². The number of oxazole rings is 1. The fourth-order valence-corrected chi connectivity index (χ4v) is 2.51. The minimum atomic E-state index is 0.360. The molecule has 3 aromatic carbocycles. The van der Waals surface area contributed by atoms with Crippen molar-refractivity contribution in [3.63, 3.8) is 0 Å². The van der Waals surface area contributed by atoms with E-state index in [2.05, 4.69) is 15.5 Å². The Balaban J connectivity index is 1.39. The number of fused-ring (bicyclic) bond motifs is 1. The molecule has 0 saturated carbocycles. The van der Waals surface area contributed by atoms with Gasteiger partial charge in [-0.3, -0.25) is 0 Å². The molecule has 0 aliphatic carbocycles. The molecule has 4 aromatic rings. The van der Waals surface area contributed by atoms with Gasteiger partial charge < -0.3 is 9.15 Å². The number of nitrogens with zero attached hydrogens (tertiary/aromatic N) is 2. The summed E-state index contributed by atoms with van der Waals surface area (Å²) < 4.78 is 11.4. The summed E-state index contributed by atoms with van der Waals surface area (Å²) in [6.07, 6.45) is 1.70. The molecule has 1 heterocycles. The zero-order valence-corrected chi connectivity index (χ0v) is 14.0. The van der Waals surface area contributed by atoms with Crippen LogP contribution in [0.25, 0.3) is 11.1 Å². The van der Waals surface area contributed by atoms with E-state index < -0.39 is 0 Å².